The zero-order valence-corrected chi connectivity index (χ0v) is 10.7. The van der Waals surface area contributed by atoms with Crippen LogP contribution in [0.25, 0.3) is 0 Å². The molecule has 0 aromatic heterocycles. The maximum absolute atomic E-state index is 11.6. The van der Waals surface area contributed by atoms with Gasteiger partial charge in [-0.1, -0.05) is 30.2 Å². The molecule has 19 heavy (non-hydrogen) atoms. The Morgan fingerprint density at radius 3 is 2.58 bits per heavy atom. The minimum atomic E-state index is -0.900. The Morgan fingerprint density at radius 1 is 1.37 bits per heavy atom. The highest BCUT2D eigenvalue weighted by molar-refractivity contribution is 5.74. The van der Waals surface area contributed by atoms with Crippen LogP contribution in [0.5, 0.6) is 0 Å². The number of amides is 2. The number of terminal acetylenes is 1. The van der Waals surface area contributed by atoms with Gasteiger partial charge in [0.15, 0.2) is 0 Å². The maximum Gasteiger partial charge on any atom is 0.318 e. The monoisotopic (exact) mass is 260 g/mol. The lowest BCUT2D eigenvalue weighted by Crippen LogP contribution is -2.37. The average Bonchev–Trinajstić information content (AvgIpc) is 2.37. The zero-order chi connectivity index (χ0) is 14.3. The Morgan fingerprint density at radius 2 is 2.00 bits per heavy atom. The van der Waals surface area contributed by atoms with Crippen molar-refractivity contribution in [2.24, 2.45) is 0 Å². The summed E-state index contributed by atoms with van der Waals surface area (Å²) >= 11 is 0. The zero-order valence-electron chi connectivity index (χ0n) is 10.7. The first kappa shape index (κ1) is 14.6. The second kappa shape index (κ2) is 7.07. The van der Waals surface area contributed by atoms with Gasteiger partial charge in [-0.05, 0) is 11.1 Å². The van der Waals surface area contributed by atoms with Gasteiger partial charge in [0, 0.05) is 13.6 Å². The van der Waals surface area contributed by atoms with E-state index in [4.69, 9.17) is 11.5 Å². The van der Waals surface area contributed by atoms with Gasteiger partial charge in [-0.25, -0.2) is 4.79 Å². The average molecular weight is 260 g/mol. The first-order chi connectivity index (χ1) is 9.04. The van der Waals surface area contributed by atoms with Gasteiger partial charge in [-0.15, -0.1) is 6.42 Å². The van der Waals surface area contributed by atoms with Gasteiger partial charge in [0.2, 0.25) is 0 Å². The lowest BCUT2D eigenvalue weighted by Gasteiger charge is -2.16. The molecule has 2 amide bonds. The van der Waals surface area contributed by atoms with E-state index in [1.807, 2.05) is 0 Å². The molecular weight excluding hydrogens is 244 g/mol. The number of carbonyl (C=O) groups is 2. The molecule has 5 nitrogen and oxygen atoms in total. The summed E-state index contributed by atoms with van der Waals surface area (Å²) in [6, 6.07) is 6.81. The van der Waals surface area contributed by atoms with Crippen molar-refractivity contribution in [1.82, 2.24) is 10.2 Å². The van der Waals surface area contributed by atoms with E-state index >= 15 is 0 Å². The Balaban J connectivity index is 2.65. The molecule has 0 unspecified atom stereocenters. The molecule has 1 aromatic rings. The summed E-state index contributed by atoms with van der Waals surface area (Å²) in [6.07, 6.45) is 5.05. The summed E-state index contributed by atoms with van der Waals surface area (Å²) in [6.45, 7) is 0.500. The number of hydrogen-bond acceptors (Lipinski definition) is 2. The Labute approximate surface area is 112 Å². The molecule has 1 rings (SSSR count). The Bertz CT molecular complexity index is 506. The summed E-state index contributed by atoms with van der Waals surface area (Å²) in [7, 11) is 1.60. The molecule has 0 aliphatic heterocycles. The normalized spacial score (nSPS) is 9.47. The van der Waals surface area contributed by atoms with Crippen LogP contribution in [0, 0.1) is 12.3 Å². The number of hydrogen-bond donors (Lipinski definition) is 2. The fourth-order valence-electron chi connectivity index (χ4n) is 1.58. The Kier molecular flexibility index (Phi) is 5.42. The molecular formula is C14H16N2O3. The minimum absolute atomic E-state index is 0.0633. The van der Waals surface area contributed by atoms with E-state index in [1.165, 1.54) is 4.90 Å². The first-order valence-electron chi connectivity index (χ1n) is 5.75. The van der Waals surface area contributed by atoms with Crippen molar-refractivity contribution in [3.63, 3.8) is 0 Å². The number of urea groups is 1. The number of nitrogens with one attached hydrogen (secondary N) is 1. The topological polar surface area (TPSA) is 69.6 Å². The summed E-state index contributed by atoms with van der Waals surface area (Å²) in [4.78, 5) is 23.8. The number of benzene rings is 1. The van der Waals surface area contributed by atoms with Gasteiger partial charge < -0.3 is 15.3 Å². The van der Waals surface area contributed by atoms with Crippen molar-refractivity contribution in [3.8, 4) is 12.3 Å². The molecule has 0 saturated heterocycles. The van der Waals surface area contributed by atoms with Crippen LogP contribution in [0.4, 0.5) is 4.79 Å². The summed E-state index contributed by atoms with van der Waals surface area (Å²) in [5.74, 6) is 1.47. The molecule has 1 aromatic carbocycles. The second-order valence-corrected chi connectivity index (χ2v) is 4.06. The number of nitrogens with zero attached hydrogens (tertiary/aromatic N) is 1. The molecule has 0 aliphatic carbocycles. The summed E-state index contributed by atoms with van der Waals surface area (Å²) in [5, 5.41) is 11.5. The largest absolute Gasteiger partial charge is 0.481 e. The molecule has 0 aliphatic rings. The number of rotatable bonds is 5. The number of aliphatic carboxylic acids is 1. The maximum atomic E-state index is 11.6. The molecule has 2 N–H and O–H groups in total. The van der Waals surface area contributed by atoms with Crippen LogP contribution in [0.1, 0.15) is 11.1 Å². The van der Waals surface area contributed by atoms with E-state index in [-0.39, 0.29) is 25.5 Å². The molecule has 0 spiro atoms. The van der Waals surface area contributed by atoms with Crippen molar-refractivity contribution >= 4 is 12.0 Å². The molecule has 5 heteroatoms. The van der Waals surface area contributed by atoms with Crippen molar-refractivity contribution in [2.75, 3.05) is 13.6 Å². The van der Waals surface area contributed by atoms with Crippen LogP contribution < -0.4 is 5.32 Å². The lowest BCUT2D eigenvalue weighted by molar-refractivity contribution is -0.136. The lowest BCUT2D eigenvalue weighted by atomic mass is 10.0. The van der Waals surface area contributed by atoms with E-state index < -0.39 is 5.97 Å². The summed E-state index contributed by atoms with van der Waals surface area (Å²) < 4.78 is 0. The highest BCUT2D eigenvalue weighted by Crippen LogP contribution is 2.09. The van der Waals surface area contributed by atoms with E-state index in [2.05, 4.69) is 11.2 Å². The number of carbonyl (C=O) groups excluding carboxylic acids is 1. The molecule has 0 saturated carbocycles. The predicted octanol–water partition coefficient (Wildman–Crippen LogP) is 1.09. The molecule has 0 bridgehead atoms. The highest BCUT2D eigenvalue weighted by Gasteiger charge is 2.09. The van der Waals surface area contributed by atoms with Gasteiger partial charge in [0.1, 0.15) is 0 Å². The van der Waals surface area contributed by atoms with Crippen molar-refractivity contribution in [2.45, 2.75) is 13.0 Å². The predicted molar refractivity (Wildman–Crippen MR) is 71.5 cm³/mol. The van der Waals surface area contributed by atoms with Crippen LogP contribution in [-0.2, 0) is 17.8 Å². The van der Waals surface area contributed by atoms with E-state index in [1.54, 1.807) is 31.3 Å². The van der Waals surface area contributed by atoms with Crippen LogP contribution >= 0.6 is 0 Å². The van der Waals surface area contributed by atoms with Gasteiger partial charge >= 0.3 is 12.0 Å². The molecule has 0 atom stereocenters. The number of carboxylic acid groups (broad SMARTS) is 1. The second-order valence-electron chi connectivity index (χ2n) is 4.06. The first-order valence-corrected chi connectivity index (χ1v) is 5.75. The fourth-order valence-corrected chi connectivity index (χ4v) is 1.58. The third-order valence-corrected chi connectivity index (χ3v) is 2.57. The van der Waals surface area contributed by atoms with Crippen LogP contribution in [0.15, 0.2) is 24.3 Å². The van der Waals surface area contributed by atoms with Crippen molar-refractivity contribution in [3.05, 3.63) is 35.4 Å². The van der Waals surface area contributed by atoms with Gasteiger partial charge in [0.25, 0.3) is 0 Å². The van der Waals surface area contributed by atoms with E-state index in [0.717, 1.165) is 5.56 Å². The summed E-state index contributed by atoms with van der Waals surface area (Å²) in [5.41, 5.74) is 1.47. The van der Waals surface area contributed by atoms with Crippen LogP contribution in [-0.4, -0.2) is 35.6 Å². The smallest absolute Gasteiger partial charge is 0.318 e. The third-order valence-electron chi connectivity index (χ3n) is 2.57. The molecule has 0 radical (unpaired) electrons. The van der Waals surface area contributed by atoms with Gasteiger partial charge in [-0.3, -0.25) is 4.79 Å². The molecule has 100 valence electrons. The van der Waals surface area contributed by atoms with E-state index in [0.29, 0.717) is 5.56 Å². The van der Waals surface area contributed by atoms with Gasteiger partial charge in [0.05, 0.1) is 13.0 Å². The van der Waals surface area contributed by atoms with E-state index in [9.17, 15) is 9.59 Å². The Hall–Kier alpha value is -2.48. The molecule has 0 heterocycles. The van der Waals surface area contributed by atoms with Gasteiger partial charge in [-0.2, -0.15) is 0 Å². The minimum Gasteiger partial charge on any atom is -0.481 e. The van der Waals surface area contributed by atoms with Crippen molar-refractivity contribution in [1.29, 1.82) is 0 Å². The highest BCUT2D eigenvalue weighted by atomic mass is 16.4. The standard InChI is InChI=1S/C14H16N2O3/c1-3-8-16(2)14(19)15-10-12-7-5-4-6-11(12)9-13(17)18/h1,4-7H,8-10H2,2H3,(H,15,19)(H,17,18). The van der Waals surface area contributed by atoms with Crippen molar-refractivity contribution < 1.29 is 14.7 Å². The third kappa shape index (κ3) is 4.72. The quantitative estimate of drug-likeness (QED) is 0.779. The number of carboxylic acids is 1. The fraction of sp³-hybridized carbons (Fsp3) is 0.286. The van der Waals surface area contributed by atoms with Crippen LogP contribution in [0.3, 0.4) is 0 Å². The van der Waals surface area contributed by atoms with Crippen LogP contribution in [0.2, 0.25) is 0 Å². The molecule has 0 fully saturated rings. The SMILES string of the molecule is C#CCN(C)C(=O)NCc1ccccc1CC(=O)O.